The lowest BCUT2D eigenvalue weighted by atomic mass is 10.0. The predicted molar refractivity (Wildman–Crippen MR) is 72.5 cm³/mol. The van der Waals surface area contributed by atoms with Gasteiger partial charge in [-0.1, -0.05) is 29.8 Å². The van der Waals surface area contributed by atoms with Gasteiger partial charge in [0.15, 0.2) is 0 Å². The molecule has 1 aromatic rings. The van der Waals surface area contributed by atoms with Crippen molar-refractivity contribution in [2.75, 3.05) is 34.4 Å². The average Bonchev–Trinajstić information content (AvgIpc) is 2.29. The summed E-state index contributed by atoms with van der Waals surface area (Å²) in [7, 11) is 5.43. The van der Waals surface area contributed by atoms with E-state index < -0.39 is 0 Å². The number of methoxy groups -OCH3 is 1. The summed E-state index contributed by atoms with van der Waals surface area (Å²) < 4.78 is 4.93. The first kappa shape index (κ1) is 14.7. The maximum atomic E-state index is 12.2. The SMILES string of the molecule is COCCNC(=O)C(c1cccc(C)c1)N(C)C. The van der Waals surface area contributed by atoms with Crippen LogP contribution in [0.25, 0.3) is 0 Å². The molecule has 0 aliphatic heterocycles. The first-order valence-corrected chi connectivity index (χ1v) is 6.06. The topological polar surface area (TPSA) is 41.6 Å². The van der Waals surface area contributed by atoms with Gasteiger partial charge < -0.3 is 10.1 Å². The number of carbonyl (C=O) groups is 1. The van der Waals surface area contributed by atoms with Crippen LogP contribution in [-0.4, -0.2) is 45.2 Å². The molecule has 4 nitrogen and oxygen atoms in total. The van der Waals surface area contributed by atoms with Gasteiger partial charge in [0, 0.05) is 13.7 Å². The number of benzene rings is 1. The molecule has 0 saturated carbocycles. The number of hydrogen-bond donors (Lipinski definition) is 1. The van der Waals surface area contributed by atoms with Gasteiger partial charge in [0.05, 0.1) is 6.61 Å². The summed E-state index contributed by atoms with van der Waals surface area (Å²) in [6.45, 7) is 3.09. The molecule has 0 fully saturated rings. The van der Waals surface area contributed by atoms with Crippen LogP contribution in [0.15, 0.2) is 24.3 Å². The van der Waals surface area contributed by atoms with Gasteiger partial charge in [0.25, 0.3) is 0 Å². The number of likely N-dealkylation sites (N-methyl/N-ethyl adjacent to an activating group) is 1. The third-order valence-corrected chi connectivity index (χ3v) is 2.73. The molecule has 18 heavy (non-hydrogen) atoms. The number of aryl methyl sites for hydroxylation is 1. The van der Waals surface area contributed by atoms with Gasteiger partial charge in [0.1, 0.15) is 6.04 Å². The monoisotopic (exact) mass is 250 g/mol. The molecular formula is C14H22N2O2. The molecule has 0 bridgehead atoms. The molecule has 100 valence electrons. The van der Waals surface area contributed by atoms with E-state index in [-0.39, 0.29) is 11.9 Å². The maximum Gasteiger partial charge on any atom is 0.242 e. The van der Waals surface area contributed by atoms with Gasteiger partial charge in [-0.15, -0.1) is 0 Å². The van der Waals surface area contributed by atoms with E-state index in [1.807, 2.05) is 50.2 Å². The minimum Gasteiger partial charge on any atom is -0.383 e. The Morgan fingerprint density at radius 3 is 2.72 bits per heavy atom. The van der Waals surface area contributed by atoms with Crippen LogP contribution < -0.4 is 5.32 Å². The van der Waals surface area contributed by atoms with Gasteiger partial charge in [0.2, 0.25) is 5.91 Å². The van der Waals surface area contributed by atoms with Crippen LogP contribution in [0, 0.1) is 6.92 Å². The molecule has 0 saturated heterocycles. The lowest BCUT2D eigenvalue weighted by Gasteiger charge is -2.24. The number of carbonyl (C=O) groups excluding carboxylic acids is 1. The fourth-order valence-corrected chi connectivity index (χ4v) is 1.90. The van der Waals surface area contributed by atoms with Gasteiger partial charge in [-0.3, -0.25) is 9.69 Å². The molecule has 0 aliphatic rings. The zero-order chi connectivity index (χ0) is 13.5. The normalized spacial score (nSPS) is 12.5. The predicted octanol–water partition coefficient (Wildman–Crippen LogP) is 1.36. The van der Waals surface area contributed by atoms with Crippen LogP contribution in [0.1, 0.15) is 17.2 Å². The number of hydrogen-bond acceptors (Lipinski definition) is 3. The maximum absolute atomic E-state index is 12.2. The third-order valence-electron chi connectivity index (χ3n) is 2.73. The van der Waals surface area contributed by atoms with Crippen molar-refractivity contribution >= 4 is 5.91 Å². The molecule has 0 aromatic heterocycles. The number of ether oxygens (including phenoxy) is 1. The fourth-order valence-electron chi connectivity index (χ4n) is 1.90. The molecule has 0 heterocycles. The van der Waals surface area contributed by atoms with Gasteiger partial charge in [-0.05, 0) is 26.6 Å². The summed E-state index contributed by atoms with van der Waals surface area (Å²) in [6, 6.07) is 7.76. The summed E-state index contributed by atoms with van der Waals surface area (Å²) >= 11 is 0. The molecule has 1 unspecified atom stereocenters. The van der Waals surface area contributed by atoms with Crippen LogP contribution in [0.2, 0.25) is 0 Å². The smallest absolute Gasteiger partial charge is 0.242 e. The second-order valence-corrected chi connectivity index (χ2v) is 4.56. The van der Waals surface area contributed by atoms with Crippen molar-refractivity contribution in [1.29, 1.82) is 0 Å². The Hall–Kier alpha value is -1.39. The van der Waals surface area contributed by atoms with E-state index in [1.165, 1.54) is 0 Å². The Morgan fingerprint density at radius 2 is 2.17 bits per heavy atom. The highest BCUT2D eigenvalue weighted by atomic mass is 16.5. The minimum atomic E-state index is -0.262. The highest BCUT2D eigenvalue weighted by Crippen LogP contribution is 2.19. The first-order valence-electron chi connectivity index (χ1n) is 6.06. The average molecular weight is 250 g/mol. The lowest BCUT2D eigenvalue weighted by molar-refractivity contribution is -0.125. The molecule has 1 rings (SSSR count). The van der Waals surface area contributed by atoms with E-state index in [0.717, 1.165) is 11.1 Å². The highest BCUT2D eigenvalue weighted by molar-refractivity contribution is 5.83. The van der Waals surface area contributed by atoms with Crippen molar-refractivity contribution in [2.24, 2.45) is 0 Å². The van der Waals surface area contributed by atoms with Crippen molar-refractivity contribution in [1.82, 2.24) is 10.2 Å². The Balaban J connectivity index is 2.79. The molecule has 0 spiro atoms. The Kier molecular flexibility index (Phi) is 5.82. The minimum absolute atomic E-state index is 0.00245. The lowest BCUT2D eigenvalue weighted by Crippen LogP contribution is -2.38. The van der Waals surface area contributed by atoms with E-state index in [0.29, 0.717) is 13.2 Å². The van der Waals surface area contributed by atoms with Crippen LogP contribution >= 0.6 is 0 Å². The highest BCUT2D eigenvalue weighted by Gasteiger charge is 2.22. The Labute approximate surface area is 109 Å². The molecule has 4 heteroatoms. The van der Waals surface area contributed by atoms with Crippen molar-refractivity contribution in [2.45, 2.75) is 13.0 Å². The molecular weight excluding hydrogens is 228 g/mol. The molecule has 1 atom stereocenters. The van der Waals surface area contributed by atoms with Gasteiger partial charge >= 0.3 is 0 Å². The molecule has 0 radical (unpaired) electrons. The molecule has 0 aliphatic carbocycles. The van der Waals surface area contributed by atoms with Crippen molar-refractivity contribution in [3.8, 4) is 0 Å². The van der Waals surface area contributed by atoms with Crippen molar-refractivity contribution in [3.63, 3.8) is 0 Å². The molecule has 1 N–H and O–H groups in total. The second-order valence-electron chi connectivity index (χ2n) is 4.56. The first-order chi connectivity index (χ1) is 8.56. The summed E-state index contributed by atoms with van der Waals surface area (Å²) in [5.41, 5.74) is 2.17. The summed E-state index contributed by atoms with van der Waals surface area (Å²) in [5, 5.41) is 2.88. The summed E-state index contributed by atoms with van der Waals surface area (Å²) in [6.07, 6.45) is 0. The second kappa shape index (κ2) is 7.13. The zero-order valence-electron chi connectivity index (χ0n) is 11.6. The van der Waals surface area contributed by atoms with Crippen LogP contribution in [0.3, 0.4) is 0 Å². The van der Waals surface area contributed by atoms with E-state index >= 15 is 0 Å². The number of amides is 1. The van der Waals surface area contributed by atoms with Crippen LogP contribution in [-0.2, 0) is 9.53 Å². The standard InChI is InChI=1S/C14H22N2O2/c1-11-6-5-7-12(10-11)13(16(2)3)14(17)15-8-9-18-4/h5-7,10,13H,8-9H2,1-4H3,(H,15,17). The Bertz CT molecular complexity index is 391. The van der Waals surface area contributed by atoms with Gasteiger partial charge in [-0.25, -0.2) is 0 Å². The third kappa shape index (κ3) is 4.13. The van der Waals surface area contributed by atoms with Crippen molar-refractivity contribution < 1.29 is 9.53 Å². The number of nitrogens with one attached hydrogen (secondary N) is 1. The van der Waals surface area contributed by atoms with E-state index in [1.54, 1.807) is 7.11 Å². The largest absolute Gasteiger partial charge is 0.383 e. The molecule has 1 aromatic carbocycles. The number of rotatable bonds is 6. The van der Waals surface area contributed by atoms with E-state index in [9.17, 15) is 4.79 Å². The van der Waals surface area contributed by atoms with Gasteiger partial charge in [-0.2, -0.15) is 0 Å². The quantitative estimate of drug-likeness (QED) is 0.775. The molecule has 1 amide bonds. The fraction of sp³-hybridized carbons (Fsp3) is 0.500. The zero-order valence-corrected chi connectivity index (χ0v) is 11.6. The summed E-state index contributed by atoms with van der Waals surface area (Å²) in [4.78, 5) is 14.1. The van der Waals surface area contributed by atoms with E-state index in [2.05, 4.69) is 5.32 Å². The summed E-state index contributed by atoms with van der Waals surface area (Å²) in [5.74, 6) is 0.00245. The van der Waals surface area contributed by atoms with Crippen molar-refractivity contribution in [3.05, 3.63) is 35.4 Å². The van der Waals surface area contributed by atoms with Crippen LogP contribution in [0.4, 0.5) is 0 Å². The number of nitrogens with zero attached hydrogens (tertiary/aromatic N) is 1. The Morgan fingerprint density at radius 1 is 1.44 bits per heavy atom. The van der Waals surface area contributed by atoms with E-state index in [4.69, 9.17) is 4.74 Å². The van der Waals surface area contributed by atoms with Crippen LogP contribution in [0.5, 0.6) is 0 Å².